The maximum Gasteiger partial charge on any atom is 0.0710 e. The van der Waals surface area contributed by atoms with Gasteiger partial charge in [-0.15, -0.1) is 47.0 Å². The van der Waals surface area contributed by atoms with E-state index in [1.165, 1.54) is 17.9 Å². The van der Waals surface area contributed by atoms with Crippen molar-refractivity contribution in [3.8, 4) is 0 Å². The minimum Gasteiger partial charge on any atom is -0.117 e. The maximum absolute atomic E-state index is 2.28. The zero-order chi connectivity index (χ0) is 10.3. The van der Waals surface area contributed by atoms with Crippen molar-refractivity contribution in [1.82, 2.24) is 0 Å². The van der Waals surface area contributed by atoms with E-state index in [2.05, 4.69) is 30.4 Å². The van der Waals surface area contributed by atoms with Crippen molar-refractivity contribution in [3.05, 3.63) is 16.9 Å². The summed E-state index contributed by atoms with van der Waals surface area (Å²) in [5.74, 6) is 2.60. The summed E-state index contributed by atoms with van der Waals surface area (Å²) in [6.07, 6.45) is 1.28. The molecule has 0 radical (unpaired) electrons. The van der Waals surface area contributed by atoms with E-state index < -0.39 is 0 Å². The van der Waals surface area contributed by atoms with Gasteiger partial charge in [0.05, 0.1) is 21.5 Å². The van der Waals surface area contributed by atoms with Gasteiger partial charge in [0.15, 0.2) is 0 Å². The molecule has 0 amide bonds. The summed E-state index contributed by atoms with van der Waals surface area (Å²) in [6, 6.07) is 0. The third-order valence-electron chi connectivity index (χ3n) is 2.06. The van der Waals surface area contributed by atoms with Crippen LogP contribution >= 0.6 is 70.6 Å². The van der Waals surface area contributed by atoms with Crippen LogP contribution in [-0.2, 0) is 0 Å². The van der Waals surface area contributed by atoms with Crippen LogP contribution in [0.3, 0.4) is 0 Å². The van der Waals surface area contributed by atoms with Crippen molar-refractivity contribution >= 4 is 70.6 Å². The van der Waals surface area contributed by atoms with Crippen LogP contribution in [0.25, 0.3) is 0 Å². The highest BCUT2D eigenvalue weighted by Gasteiger charge is 2.34. The summed E-state index contributed by atoms with van der Waals surface area (Å²) < 4.78 is 7.07. The molecule has 6 heteroatoms. The van der Waals surface area contributed by atoms with Crippen LogP contribution in [0.2, 0.25) is 0 Å². The normalized spacial score (nSPS) is 27.0. The van der Waals surface area contributed by atoms with Gasteiger partial charge in [-0.25, -0.2) is 0 Å². The highest BCUT2D eigenvalue weighted by Crippen LogP contribution is 2.67. The molecule has 0 atom stereocenters. The molecule has 3 aliphatic heterocycles. The highest BCUT2D eigenvalue weighted by molar-refractivity contribution is 8.47. The van der Waals surface area contributed by atoms with Crippen LogP contribution in [-0.4, -0.2) is 16.1 Å². The topological polar surface area (TPSA) is 0 Å². The van der Waals surface area contributed by atoms with Crippen LogP contribution < -0.4 is 0 Å². The van der Waals surface area contributed by atoms with E-state index in [1.807, 2.05) is 47.0 Å². The summed E-state index contributed by atoms with van der Waals surface area (Å²) in [7, 11) is 0. The van der Waals surface area contributed by atoms with E-state index in [1.54, 1.807) is 16.9 Å². The van der Waals surface area contributed by atoms with Crippen molar-refractivity contribution in [2.45, 2.75) is 17.9 Å². The third-order valence-corrected chi connectivity index (χ3v) is 11.6. The van der Waals surface area contributed by atoms with Crippen LogP contribution in [0.4, 0.5) is 0 Å². The second-order valence-electron chi connectivity index (χ2n) is 3.12. The SMILES string of the molecule is CCC1SC2=C(SC(=C3SCCS3)S2)S1. The standard InChI is InChI=1S/C9H10S6/c1-2-5-12-8-9(13-5)15-7(14-8)6-10-3-4-11-6/h5H,2-4H2,1H3. The number of hydrogen-bond acceptors (Lipinski definition) is 6. The second-order valence-corrected chi connectivity index (χ2v) is 11.1. The molecule has 0 nitrogen and oxygen atoms in total. The molecule has 0 aromatic rings. The molecule has 3 aliphatic rings. The number of hydrogen-bond donors (Lipinski definition) is 0. The smallest absolute Gasteiger partial charge is 0.0710 e. The lowest BCUT2D eigenvalue weighted by Crippen LogP contribution is -1.87. The van der Waals surface area contributed by atoms with Crippen LogP contribution in [0, 0.1) is 0 Å². The average Bonchev–Trinajstić information content (AvgIpc) is 2.91. The largest absolute Gasteiger partial charge is 0.117 e. The lowest BCUT2D eigenvalue weighted by molar-refractivity contribution is 1.06. The van der Waals surface area contributed by atoms with Gasteiger partial charge >= 0.3 is 0 Å². The molecule has 15 heavy (non-hydrogen) atoms. The lowest BCUT2D eigenvalue weighted by Gasteiger charge is -2.08. The predicted molar refractivity (Wildman–Crippen MR) is 83.4 cm³/mol. The molecular weight excluding hydrogens is 301 g/mol. The van der Waals surface area contributed by atoms with Gasteiger partial charge in [-0.05, 0) is 6.42 Å². The summed E-state index contributed by atoms with van der Waals surface area (Å²) >= 11 is 12.3. The molecule has 82 valence electrons. The summed E-state index contributed by atoms with van der Waals surface area (Å²) in [5.41, 5.74) is 0. The molecule has 0 unspecified atom stereocenters. The molecule has 0 aromatic carbocycles. The Kier molecular flexibility index (Phi) is 3.93. The van der Waals surface area contributed by atoms with Crippen molar-refractivity contribution < 1.29 is 0 Å². The molecule has 3 heterocycles. The van der Waals surface area contributed by atoms with Gasteiger partial charge in [0.1, 0.15) is 0 Å². The molecule has 0 aliphatic carbocycles. The van der Waals surface area contributed by atoms with Crippen molar-refractivity contribution in [3.63, 3.8) is 0 Å². The fourth-order valence-electron chi connectivity index (χ4n) is 1.36. The molecule has 3 rings (SSSR count). The van der Waals surface area contributed by atoms with E-state index in [4.69, 9.17) is 0 Å². The maximum atomic E-state index is 2.28. The summed E-state index contributed by atoms with van der Waals surface area (Å²) in [6.45, 7) is 2.28. The first kappa shape index (κ1) is 11.7. The Balaban J connectivity index is 1.71. The first-order valence-electron chi connectivity index (χ1n) is 4.80. The zero-order valence-electron chi connectivity index (χ0n) is 8.15. The van der Waals surface area contributed by atoms with E-state index in [0.29, 0.717) is 0 Å². The Morgan fingerprint density at radius 1 is 0.933 bits per heavy atom. The van der Waals surface area contributed by atoms with Gasteiger partial charge in [-0.2, -0.15) is 0 Å². The van der Waals surface area contributed by atoms with Gasteiger partial charge in [0, 0.05) is 11.5 Å². The van der Waals surface area contributed by atoms with Gasteiger partial charge in [-0.3, -0.25) is 0 Å². The number of thioether (sulfide) groups is 6. The monoisotopic (exact) mass is 310 g/mol. The van der Waals surface area contributed by atoms with E-state index in [-0.39, 0.29) is 0 Å². The molecule has 0 saturated carbocycles. The van der Waals surface area contributed by atoms with Crippen LogP contribution in [0.5, 0.6) is 0 Å². The van der Waals surface area contributed by atoms with Crippen molar-refractivity contribution in [1.29, 1.82) is 0 Å². The van der Waals surface area contributed by atoms with Crippen molar-refractivity contribution in [2.24, 2.45) is 0 Å². The van der Waals surface area contributed by atoms with E-state index in [0.717, 1.165) is 4.58 Å². The summed E-state index contributed by atoms with van der Waals surface area (Å²) in [4.78, 5) is 0. The Bertz CT molecular complexity index is 317. The number of rotatable bonds is 1. The molecule has 0 bridgehead atoms. The van der Waals surface area contributed by atoms with E-state index >= 15 is 0 Å². The Morgan fingerprint density at radius 3 is 2.07 bits per heavy atom. The molecule has 1 saturated heterocycles. The molecular formula is C9H10S6. The molecule has 1 fully saturated rings. The Labute approximate surface area is 116 Å². The lowest BCUT2D eigenvalue weighted by atomic mass is 10.6. The second kappa shape index (κ2) is 5.06. The predicted octanol–water partition coefficient (Wildman–Crippen LogP) is 5.42. The minimum atomic E-state index is 0.783. The Hall–Kier alpha value is 1.58. The van der Waals surface area contributed by atoms with Crippen LogP contribution in [0.15, 0.2) is 16.9 Å². The molecule has 0 N–H and O–H groups in total. The van der Waals surface area contributed by atoms with Gasteiger partial charge in [-0.1, -0.05) is 30.4 Å². The first-order chi connectivity index (χ1) is 7.36. The fraction of sp³-hybridized carbons (Fsp3) is 0.556. The minimum absolute atomic E-state index is 0.783. The van der Waals surface area contributed by atoms with E-state index in [9.17, 15) is 0 Å². The molecule has 0 spiro atoms. The van der Waals surface area contributed by atoms with Gasteiger partial charge in [0.25, 0.3) is 0 Å². The van der Waals surface area contributed by atoms with Crippen LogP contribution in [0.1, 0.15) is 13.3 Å². The average molecular weight is 311 g/mol. The first-order valence-corrected chi connectivity index (χ1v) is 10.2. The van der Waals surface area contributed by atoms with Gasteiger partial charge in [0.2, 0.25) is 0 Å². The quantitative estimate of drug-likeness (QED) is 0.630. The van der Waals surface area contributed by atoms with Gasteiger partial charge < -0.3 is 0 Å². The fourth-order valence-corrected chi connectivity index (χ4v) is 11.1. The summed E-state index contributed by atoms with van der Waals surface area (Å²) in [5, 5.41) is 0. The molecule has 0 aromatic heterocycles. The Morgan fingerprint density at radius 2 is 1.53 bits per heavy atom. The zero-order valence-corrected chi connectivity index (χ0v) is 13.0. The highest BCUT2D eigenvalue weighted by atomic mass is 32.3. The van der Waals surface area contributed by atoms with Crippen molar-refractivity contribution in [2.75, 3.05) is 11.5 Å². The third kappa shape index (κ3) is 2.40.